The van der Waals surface area contributed by atoms with Crippen LogP contribution >= 0.6 is 64.8 Å². The van der Waals surface area contributed by atoms with Crippen molar-refractivity contribution in [2.45, 2.75) is 143 Å². The molecule has 0 aliphatic carbocycles. The molecule has 14 atom stereocenters. The van der Waals surface area contributed by atoms with Gasteiger partial charge in [0.15, 0.2) is 0 Å². The molecule has 21 N–H and O–H groups in total. The molecule has 552 valence electrons. The molecule has 4 aliphatic heterocycles. The second kappa shape index (κ2) is 39.7. The third-order valence-corrected chi connectivity index (χ3v) is 22.6. The molecule has 101 heavy (non-hydrogen) atoms. The van der Waals surface area contributed by atoms with Crippen LogP contribution in [0.5, 0.6) is 11.5 Å². The topological polar surface area (TPSA) is 574 Å². The van der Waals surface area contributed by atoms with E-state index in [-0.39, 0.29) is 48.6 Å². The fraction of sp³-hybridized carbons (Fsp3) is 0.525. The summed E-state index contributed by atoms with van der Waals surface area (Å²) in [5.74, 6) is -25.2. The SMILES string of the molecule is [2H]C([2H])([2H])[C@]1([2H])NC(=O)[C@@H]2CCCN2C(=O)[C@H](CC(N)=O)NC(=O)[C@@H]2CSSC[C@H](N)C(=O)N[C@H]3CSSC[C@H](NC1=O)C(=O)N[C@@H]([C@@H](C)O)C(=O)NCC(=O)N[C@H](C(=O)N[C@@H](Cc1ccc(O)cc1)C(=O)O)CSSC[C@H](NC(=O)[C@H](Cc1ccc(O)cc1)NC(=O)[C@H](CCC(=O)O)NC3=O)C(=O)N2. The Morgan fingerprint density at radius 1 is 0.604 bits per heavy atom. The molecule has 0 saturated carbocycles. The lowest BCUT2D eigenvalue weighted by Crippen LogP contribution is -2.61. The van der Waals surface area contributed by atoms with E-state index >= 15 is 9.59 Å². The number of hydrogen-bond acceptors (Lipinski definition) is 26. The zero-order chi connectivity index (χ0) is 77.6. The summed E-state index contributed by atoms with van der Waals surface area (Å²) in [6, 6.07) is -15.9. The van der Waals surface area contributed by atoms with Crippen molar-refractivity contribution >= 4 is 159 Å². The first-order valence-corrected chi connectivity index (χ1v) is 38.3. The van der Waals surface area contributed by atoms with Gasteiger partial charge in [0.2, 0.25) is 82.7 Å². The average molecular weight is 1530 g/mol. The number of primary amides is 1. The Morgan fingerprint density at radius 2 is 1.10 bits per heavy atom. The van der Waals surface area contributed by atoms with Crippen molar-refractivity contribution < 1.29 is 108 Å². The number of carbonyl (C=O) groups is 16. The van der Waals surface area contributed by atoms with E-state index in [9.17, 15) is 94.0 Å². The van der Waals surface area contributed by atoms with Crippen LogP contribution in [0.1, 0.15) is 62.5 Å². The maximum Gasteiger partial charge on any atom is 0.326 e. The number of nitrogens with two attached hydrogens (primary N) is 2. The van der Waals surface area contributed by atoms with Gasteiger partial charge in [0.05, 0.1) is 26.5 Å². The van der Waals surface area contributed by atoms with Gasteiger partial charge in [0.25, 0.3) is 0 Å². The van der Waals surface area contributed by atoms with Gasteiger partial charge in [0.1, 0.15) is 84.0 Å². The number of benzene rings is 2. The molecule has 4 saturated heterocycles. The van der Waals surface area contributed by atoms with Gasteiger partial charge in [-0.15, -0.1) is 0 Å². The largest absolute Gasteiger partial charge is 0.508 e. The van der Waals surface area contributed by atoms with Gasteiger partial charge >= 0.3 is 11.9 Å². The minimum Gasteiger partial charge on any atom is -0.508 e. The van der Waals surface area contributed by atoms with Gasteiger partial charge in [-0.1, -0.05) is 89.0 Å². The van der Waals surface area contributed by atoms with Crippen molar-refractivity contribution in [3.63, 3.8) is 0 Å². The maximum atomic E-state index is 15.2. The van der Waals surface area contributed by atoms with Gasteiger partial charge in [-0.2, -0.15) is 0 Å². The number of carboxylic acid groups (broad SMARTS) is 2. The molecule has 14 amide bonds. The smallest absolute Gasteiger partial charge is 0.326 e. The number of aromatic hydroxyl groups is 2. The molecule has 0 radical (unpaired) electrons. The predicted molar refractivity (Wildman–Crippen MR) is 371 cm³/mol. The van der Waals surface area contributed by atoms with Crippen LogP contribution in [0.15, 0.2) is 48.5 Å². The van der Waals surface area contributed by atoms with Gasteiger partial charge < -0.3 is 106 Å². The molecule has 2 aromatic carbocycles. The van der Waals surface area contributed by atoms with E-state index in [0.717, 1.165) is 33.4 Å². The van der Waals surface area contributed by atoms with Gasteiger partial charge in [-0.05, 0) is 68.4 Å². The van der Waals surface area contributed by atoms with Gasteiger partial charge in [0, 0.05) is 64.4 Å². The van der Waals surface area contributed by atoms with Crippen LogP contribution in [0, 0.1) is 0 Å². The van der Waals surface area contributed by atoms with Crippen LogP contribution in [0.3, 0.4) is 0 Å². The number of aliphatic hydroxyl groups excluding tert-OH is 1. The Morgan fingerprint density at radius 3 is 1.65 bits per heavy atom. The molecule has 6 rings (SSSR count). The predicted octanol–water partition coefficient (Wildman–Crippen LogP) is -5.94. The number of aliphatic hydroxyl groups is 1. The molecule has 0 unspecified atom stereocenters. The molecule has 4 heterocycles. The lowest BCUT2D eigenvalue weighted by atomic mass is 10.0. The van der Waals surface area contributed by atoms with Crippen molar-refractivity contribution in [2.75, 3.05) is 47.6 Å². The summed E-state index contributed by atoms with van der Waals surface area (Å²) in [7, 11) is 4.19. The molecule has 0 aromatic heterocycles. The van der Waals surface area contributed by atoms with Crippen LogP contribution in [0.25, 0.3) is 0 Å². The van der Waals surface area contributed by atoms with E-state index in [1.807, 2.05) is 5.32 Å². The number of amides is 14. The molecule has 4 bridgehead atoms. The van der Waals surface area contributed by atoms with Crippen LogP contribution < -0.4 is 75.3 Å². The molecule has 4 fully saturated rings. The summed E-state index contributed by atoms with van der Waals surface area (Å²) < 4.78 is 34.4. The number of carbonyl (C=O) groups excluding carboxylic acids is 14. The number of carboxylic acids is 2. The van der Waals surface area contributed by atoms with Gasteiger partial charge in [-0.25, -0.2) is 4.79 Å². The van der Waals surface area contributed by atoms with Gasteiger partial charge in [-0.3, -0.25) is 71.9 Å². The summed E-state index contributed by atoms with van der Waals surface area (Å²) in [4.78, 5) is 228. The average Bonchev–Trinajstić information content (AvgIpc) is 1.76. The number of phenols is 2. The minimum atomic E-state index is -3.89. The van der Waals surface area contributed by atoms with Crippen molar-refractivity contribution in [3.8, 4) is 11.5 Å². The number of rotatable bonds is 13. The standard InChI is InChI=1S/C59H79N15O21S6/c1-26-47(82)69-41-25-101-99-22-38-52(87)65-33(13-14-45(80)81)49(84)66-34(16-28-5-9-30(76)10-6-28)50(85)71-40(54(89)72-39(23-97-96-20-32(60)48(83)70-38)53(88)67-35(18-43(61)78)58(93)74-15-3-4-42(74)56(91)63-26)24-100-98-21-37(64-44(79)19-62-57(92)46(27(2)75)73-55(41)90)51(86)68-36(59(94)95)17-29-7-11-31(77)12-8-29/h5-12,26-27,32-42,46,75-77H,3-4,13-25,60H2,1-2H3,(H2,61,78)(H,62,92)(H,63,91)(H,64,79)(H,65,87)(H,66,84)(H,67,88)(H,68,86)(H,69,82)(H,70,83)(H,71,85)(H,72,89)(H,73,90)(H,80,81)(H,94,95)/t26-,27+,32-,33-,34-,35-,36-,37-,38-,39-,40-,41-,42-,46-/m0/s1/i1D3,26D. The maximum absolute atomic E-state index is 15.2. The molecule has 42 heteroatoms. The Kier molecular flexibility index (Phi) is 29.6. The van der Waals surface area contributed by atoms with Crippen molar-refractivity contribution in [3.05, 3.63) is 59.7 Å². The number of nitrogens with one attached hydrogen (secondary N) is 12. The third-order valence-electron chi connectivity index (χ3n) is 15.3. The normalized spacial score (nSPS) is 28.8. The number of aliphatic carboxylic acids is 2. The fourth-order valence-electron chi connectivity index (χ4n) is 9.87. The third kappa shape index (κ3) is 25.9. The Balaban J connectivity index is 1.60. The summed E-state index contributed by atoms with van der Waals surface area (Å²) in [6.07, 6.45) is -5.69. The van der Waals surface area contributed by atoms with Crippen molar-refractivity contribution in [2.24, 2.45) is 11.5 Å². The molecule has 4 aliphatic rings. The van der Waals surface area contributed by atoms with E-state index in [4.69, 9.17) is 15.6 Å². The zero-order valence-electron chi connectivity index (χ0n) is 57.6. The molecular formula is C59H79N15O21S6. The lowest BCUT2D eigenvalue weighted by molar-refractivity contribution is -0.143. The van der Waals surface area contributed by atoms with Crippen LogP contribution in [-0.2, 0) is 89.6 Å². The summed E-state index contributed by atoms with van der Waals surface area (Å²) >= 11 is 0. The first-order valence-electron chi connectivity index (χ1n) is 32.8. The second-order valence-corrected chi connectivity index (χ2v) is 30.7. The quantitative estimate of drug-likeness (QED) is 0.0656. The zero-order valence-corrected chi connectivity index (χ0v) is 58.4. The fourth-order valence-corrected chi connectivity index (χ4v) is 16.8. The van der Waals surface area contributed by atoms with E-state index in [0.29, 0.717) is 48.7 Å². The number of phenolic OH excluding ortho intramolecular Hbond substituents is 2. The van der Waals surface area contributed by atoms with Crippen LogP contribution in [0.2, 0.25) is 0 Å². The van der Waals surface area contributed by atoms with E-state index < -0.39 is 247 Å². The highest BCUT2D eigenvalue weighted by atomic mass is 33.1. The van der Waals surface area contributed by atoms with Crippen LogP contribution in [0.4, 0.5) is 0 Å². The Hall–Kier alpha value is -8.42. The highest BCUT2D eigenvalue weighted by Crippen LogP contribution is 2.28. The number of hydrogen-bond donors (Lipinski definition) is 19. The second-order valence-electron chi connectivity index (χ2n) is 23.1. The lowest BCUT2D eigenvalue weighted by Gasteiger charge is -2.30. The minimum absolute atomic E-state index is 0.0314. The Bertz CT molecular complexity index is 3590. The summed E-state index contributed by atoms with van der Waals surface area (Å²) in [6.45, 7) is -4.32. The first kappa shape index (κ1) is 75.2. The van der Waals surface area contributed by atoms with E-state index in [1.165, 1.54) is 48.5 Å². The molecule has 36 nitrogen and oxygen atoms in total. The first-order chi connectivity index (χ1) is 49.4. The summed E-state index contributed by atoms with van der Waals surface area (Å²) in [5, 5.41) is 78.8. The summed E-state index contributed by atoms with van der Waals surface area (Å²) in [5.41, 5.74) is 12.5. The van der Waals surface area contributed by atoms with Crippen molar-refractivity contribution in [1.82, 2.24) is 68.7 Å². The molecule has 0 spiro atoms. The molecule has 2 aromatic rings. The number of nitrogens with zero attached hydrogens (tertiary/aromatic N) is 1. The van der Waals surface area contributed by atoms with E-state index in [1.54, 1.807) is 0 Å². The Labute approximate surface area is 606 Å². The highest BCUT2D eigenvalue weighted by molar-refractivity contribution is 8.77. The number of fused-ring (bicyclic) bond motifs is 20. The molecular weight excluding hydrogens is 1450 g/mol. The monoisotopic (exact) mass is 1530 g/mol. The highest BCUT2D eigenvalue weighted by Gasteiger charge is 2.42. The van der Waals surface area contributed by atoms with E-state index in [2.05, 4.69) is 58.5 Å². The van der Waals surface area contributed by atoms with Crippen LogP contribution in [-0.4, -0.2) is 257 Å². The van der Waals surface area contributed by atoms with Crippen molar-refractivity contribution in [1.29, 1.82) is 0 Å².